The van der Waals surface area contributed by atoms with Crippen LogP contribution in [0.5, 0.6) is 0 Å². The maximum Gasteiger partial charge on any atom is 0.0834 e. The van der Waals surface area contributed by atoms with E-state index in [-0.39, 0.29) is 6.04 Å². The van der Waals surface area contributed by atoms with Crippen molar-refractivity contribution in [2.75, 3.05) is 20.3 Å². The van der Waals surface area contributed by atoms with Crippen molar-refractivity contribution < 1.29 is 4.74 Å². The summed E-state index contributed by atoms with van der Waals surface area (Å²) < 4.78 is 7.30. The van der Waals surface area contributed by atoms with Crippen LogP contribution in [0.3, 0.4) is 0 Å². The van der Waals surface area contributed by atoms with E-state index >= 15 is 0 Å². The Bertz CT molecular complexity index is 328. The van der Waals surface area contributed by atoms with Crippen LogP contribution >= 0.6 is 11.6 Å². The van der Waals surface area contributed by atoms with Crippen LogP contribution in [-0.4, -0.2) is 30.0 Å². The molecule has 0 aliphatic rings. The van der Waals surface area contributed by atoms with Gasteiger partial charge in [0, 0.05) is 19.8 Å². The third-order valence-corrected chi connectivity index (χ3v) is 3.09. The highest BCUT2D eigenvalue weighted by atomic mass is 35.5. The first-order valence-electron chi connectivity index (χ1n) is 6.20. The van der Waals surface area contributed by atoms with Crippen LogP contribution in [0.25, 0.3) is 0 Å². The highest BCUT2D eigenvalue weighted by Gasteiger charge is 2.17. The lowest BCUT2D eigenvalue weighted by molar-refractivity contribution is 0.141. The molecule has 0 fully saturated rings. The van der Waals surface area contributed by atoms with Crippen LogP contribution in [-0.2, 0) is 11.3 Å². The van der Waals surface area contributed by atoms with E-state index in [0.717, 1.165) is 43.3 Å². The molecule has 0 aliphatic carbocycles. The van der Waals surface area contributed by atoms with Crippen molar-refractivity contribution in [3.05, 3.63) is 16.9 Å². The maximum atomic E-state index is 6.18. The van der Waals surface area contributed by atoms with Crippen molar-refractivity contribution >= 4 is 11.6 Å². The molecule has 17 heavy (non-hydrogen) atoms. The molecular weight excluding hydrogens is 238 g/mol. The molecule has 0 saturated heterocycles. The zero-order chi connectivity index (χ0) is 12.7. The Kier molecular flexibility index (Phi) is 6.55. The van der Waals surface area contributed by atoms with E-state index in [1.165, 1.54) is 0 Å². The maximum absolute atomic E-state index is 6.18. The minimum absolute atomic E-state index is 0.241. The monoisotopic (exact) mass is 259 g/mol. The Morgan fingerprint density at radius 3 is 2.88 bits per heavy atom. The number of aromatic nitrogens is 2. The Morgan fingerprint density at radius 1 is 1.53 bits per heavy atom. The first-order chi connectivity index (χ1) is 8.24. The molecule has 0 aliphatic heterocycles. The molecule has 98 valence electrons. The normalized spacial score (nSPS) is 12.9. The smallest absolute Gasteiger partial charge is 0.0834 e. The predicted molar refractivity (Wildman–Crippen MR) is 70.4 cm³/mol. The van der Waals surface area contributed by atoms with Crippen LogP contribution in [0, 0.1) is 0 Å². The van der Waals surface area contributed by atoms with Crippen LogP contribution in [0.4, 0.5) is 0 Å². The Morgan fingerprint density at radius 2 is 2.29 bits per heavy atom. The minimum atomic E-state index is 0.241. The van der Waals surface area contributed by atoms with E-state index in [4.69, 9.17) is 16.3 Å². The fraction of sp³-hybridized carbons (Fsp3) is 0.750. The molecule has 0 aromatic carbocycles. The zero-order valence-corrected chi connectivity index (χ0v) is 11.6. The summed E-state index contributed by atoms with van der Waals surface area (Å²) in [7, 11) is 1.95. The summed E-state index contributed by atoms with van der Waals surface area (Å²) in [4.78, 5) is 0. The molecule has 1 aromatic heterocycles. The van der Waals surface area contributed by atoms with E-state index in [1.54, 1.807) is 6.20 Å². The number of ether oxygens (including phenoxy) is 1. The fourth-order valence-electron chi connectivity index (χ4n) is 1.92. The first-order valence-corrected chi connectivity index (χ1v) is 6.58. The molecule has 0 bridgehead atoms. The van der Waals surface area contributed by atoms with Gasteiger partial charge >= 0.3 is 0 Å². The lowest BCUT2D eigenvalue weighted by Gasteiger charge is -2.18. The van der Waals surface area contributed by atoms with Gasteiger partial charge in [0.2, 0.25) is 0 Å². The summed E-state index contributed by atoms with van der Waals surface area (Å²) in [6.07, 6.45) is 3.74. The topological polar surface area (TPSA) is 39.1 Å². The first kappa shape index (κ1) is 14.5. The van der Waals surface area contributed by atoms with Gasteiger partial charge in [0.1, 0.15) is 0 Å². The second kappa shape index (κ2) is 7.69. The second-order valence-electron chi connectivity index (χ2n) is 3.87. The fourth-order valence-corrected chi connectivity index (χ4v) is 2.19. The number of nitrogens with one attached hydrogen (secondary N) is 1. The summed E-state index contributed by atoms with van der Waals surface area (Å²) >= 11 is 6.18. The van der Waals surface area contributed by atoms with E-state index in [1.807, 2.05) is 18.7 Å². The van der Waals surface area contributed by atoms with Crippen molar-refractivity contribution in [1.82, 2.24) is 15.1 Å². The summed E-state index contributed by atoms with van der Waals surface area (Å²) in [6.45, 7) is 6.49. The van der Waals surface area contributed by atoms with Gasteiger partial charge in [0.25, 0.3) is 0 Å². The molecule has 1 heterocycles. The second-order valence-corrected chi connectivity index (χ2v) is 4.28. The molecule has 0 amide bonds. The van der Waals surface area contributed by atoms with Crippen LogP contribution in [0.2, 0.25) is 5.02 Å². The van der Waals surface area contributed by atoms with Gasteiger partial charge in [-0.15, -0.1) is 0 Å². The average Bonchev–Trinajstić information content (AvgIpc) is 2.71. The van der Waals surface area contributed by atoms with Crippen molar-refractivity contribution in [1.29, 1.82) is 0 Å². The van der Waals surface area contributed by atoms with E-state index in [0.29, 0.717) is 0 Å². The van der Waals surface area contributed by atoms with Gasteiger partial charge in [-0.3, -0.25) is 4.68 Å². The highest BCUT2D eigenvalue weighted by Crippen LogP contribution is 2.25. The van der Waals surface area contributed by atoms with Crippen molar-refractivity contribution in [2.24, 2.45) is 0 Å². The largest absolute Gasteiger partial charge is 0.382 e. The molecule has 1 unspecified atom stereocenters. The average molecular weight is 260 g/mol. The number of nitrogens with zero attached hydrogens (tertiary/aromatic N) is 2. The number of aryl methyl sites for hydroxylation is 1. The molecular formula is C12H22ClN3O. The van der Waals surface area contributed by atoms with Crippen molar-refractivity contribution in [3.8, 4) is 0 Å². The van der Waals surface area contributed by atoms with Gasteiger partial charge in [0.05, 0.1) is 23.0 Å². The van der Waals surface area contributed by atoms with Crippen LogP contribution in [0.1, 0.15) is 38.4 Å². The van der Waals surface area contributed by atoms with Gasteiger partial charge in [-0.25, -0.2) is 0 Å². The van der Waals surface area contributed by atoms with E-state index in [2.05, 4.69) is 17.3 Å². The van der Waals surface area contributed by atoms with Crippen molar-refractivity contribution in [3.63, 3.8) is 0 Å². The number of halogens is 1. The quantitative estimate of drug-likeness (QED) is 0.730. The SMILES string of the molecule is CCOCCCC(NC)c1c(Cl)cnn1CC. The molecule has 0 radical (unpaired) electrons. The summed E-state index contributed by atoms with van der Waals surface area (Å²) in [6, 6.07) is 0.241. The van der Waals surface area contributed by atoms with Gasteiger partial charge in [-0.2, -0.15) is 5.10 Å². The predicted octanol–water partition coefficient (Wildman–Crippen LogP) is 2.63. The third-order valence-electron chi connectivity index (χ3n) is 2.80. The molecule has 0 spiro atoms. The number of hydrogen-bond acceptors (Lipinski definition) is 3. The molecule has 1 atom stereocenters. The molecule has 1 N–H and O–H groups in total. The van der Waals surface area contributed by atoms with E-state index in [9.17, 15) is 0 Å². The van der Waals surface area contributed by atoms with Gasteiger partial charge in [-0.1, -0.05) is 11.6 Å². The standard InChI is InChI=1S/C12H22ClN3O/c1-4-16-12(10(13)9-15-16)11(14-3)7-6-8-17-5-2/h9,11,14H,4-8H2,1-3H3. The molecule has 5 heteroatoms. The molecule has 4 nitrogen and oxygen atoms in total. The number of rotatable bonds is 8. The van der Waals surface area contributed by atoms with E-state index < -0.39 is 0 Å². The molecule has 1 aromatic rings. The molecule has 1 rings (SSSR count). The van der Waals surface area contributed by atoms with Gasteiger partial charge in [-0.05, 0) is 33.7 Å². The summed E-state index contributed by atoms with van der Waals surface area (Å²) in [5.74, 6) is 0. The summed E-state index contributed by atoms with van der Waals surface area (Å²) in [5.41, 5.74) is 1.08. The lowest BCUT2D eigenvalue weighted by atomic mass is 10.1. The summed E-state index contributed by atoms with van der Waals surface area (Å²) in [5, 5.41) is 8.30. The van der Waals surface area contributed by atoms with Crippen molar-refractivity contribution in [2.45, 2.75) is 39.3 Å². The van der Waals surface area contributed by atoms with Crippen LogP contribution in [0.15, 0.2) is 6.20 Å². The Hall–Kier alpha value is -0.580. The zero-order valence-electron chi connectivity index (χ0n) is 10.9. The third kappa shape index (κ3) is 3.98. The molecule has 0 saturated carbocycles. The lowest BCUT2D eigenvalue weighted by Crippen LogP contribution is -2.21. The van der Waals surface area contributed by atoms with Gasteiger partial charge in [0.15, 0.2) is 0 Å². The Balaban J connectivity index is 2.62. The highest BCUT2D eigenvalue weighted by molar-refractivity contribution is 6.31. The number of hydrogen-bond donors (Lipinski definition) is 1. The van der Waals surface area contributed by atoms with Gasteiger partial charge < -0.3 is 10.1 Å². The Labute approximate surface area is 108 Å². The van der Waals surface area contributed by atoms with Crippen LogP contribution < -0.4 is 5.32 Å². The minimum Gasteiger partial charge on any atom is -0.382 e.